The summed E-state index contributed by atoms with van der Waals surface area (Å²) in [6.45, 7) is 3.25. The standard InChI is InChI=1S/C25H30N6O3/c1-30-19(23-21(33-2)4-5-26-25(23)34-3)7-14-8-22(27-10-20(14)30)29-24(32)18-6-15(18)11-31-12-16-9-17(13-31)28-16/h4-5,7-8,10,15-18,28H,6,9,11-13H2,1-3H3,(H,27,29,32). The normalized spacial score (nSPS) is 25.6. The van der Waals surface area contributed by atoms with Crippen LogP contribution >= 0.6 is 0 Å². The number of anilines is 1. The molecule has 1 saturated carbocycles. The van der Waals surface area contributed by atoms with E-state index in [9.17, 15) is 4.79 Å². The lowest BCUT2D eigenvalue weighted by molar-refractivity contribution is -0.117. The number of ether oxygens (including phenoxy) is 2. The summed E-state index contributed by atoms with van der Waals surface area (Å²) in [6, 6.07) is 7.10. The Morgan fingerprint density at radius 1 is 1.18 bits per heavy atom. The Bertz CT molecular complexity index is 1220. The molecule has 4 atom stereocenters. The molecule has 4 unspecified atom stereocenters. The van der Waals surface area contributed by atoms with E-state index in [0.29, 0.717) is 35.4 Å². The van der Waals surface area contributed by atoms with Gasteiger partial charge in [-0.05, 0) is 37.0 Å². The van der Waals surface area contributed by atoms with E-state index in [1.54, 1.807) is 26.6 Å². The number of piperazine rings is 1. The fourth-order valence-corrected chi connectivity index (χ4v) is 5.60. The number of carbonyl (C=O) groups excluding carboxylic acids is 1. The first-order valence-electron chi connectivity index (χ1n) is 11.9. The molecule has 9 heteroatoms. The number of aryl methyl sites for hydroxylation is 1. The van der Waals surface area contributed by atoms with E-state index < -0.39 is 0 Å². The van der Waals surface area contributed by atoms with E-state index in [-0.39, 0.29) is 11.8 Å². The topological polar surface area (TPSA) is 93.5 Å². The highest BCUT2D eigenvalue weighted by atomic mass is 16.5. The fourth-order valence-electron chi connectivity index (χ4n) is 5.60. The molecule has 34 heavy (non-hydrogen) atoms. The van der Waals surface area contributed by atoms with E-state index in [2.05, 4.69) is 25.5 Å². The van der Waals surface area contributed by atoms with Gasteiger partial charge in [0.05, 0.1) is 31.6 Å². The van der Waals surface area contributed by atoms with E-state index in [0.717, 1.165) is 48.2 Å². The maximum atomic E-state index is 12.9. The van der Waals surface area contributed by atoms with Crippen LogP contribution in [0.5, 0.6) is 11.6 Å². The van der Waals surface area contributed by atoms with Crippen LogP contribution in [0.3, 0.4) is 0 Å². The summed E-state index contributed by atoms with van der Waals surface area (Å²) in [5, 5.41) is 7.58. The molecule has 3 aliphatic heterocycles. The summed E-state index contributed by atoms with van der Waals surface area (Å²) in [4.78, 5) is 24.2. The molecule has 178 valence electrons. The molecule has 0 radical (unpaired) electrons. The van der Waals surface area contributed by atoms with Crippen LogP contribution in [0, 0.1) is 11.8 Å². The van der Waals surface area contributed by atoms with Crippen LogP contribution in [0.15, 0.2) is 30.6 Å². The van der Waals surface area contributed by atoms with Crippen molar-refractivity contribution in [3.05, 3.63) is 30.6 Å². The zero-order chi connectivity index (χ0) is 23.4. The van der Waals surface area contributed by atoms with Crippen LogP contribution in [0.1, 0.15) is 12.8 Å². The van der Waals surface area contributed by atoms with Crippen molar-refractivity contribution in [2.75, 3.05) is 39.2 Å². The number of amides is 1. The first kappa shape index (κ1) is 21.4. The van der Waals surface area contributed by atoms with Gasteiger partial charge >= 0.3 is 0 Å². The highest BCUT2D eigenvalue weighted by molar-refractivity contribution is 5.96. The molecule has 9 nitrogen and oxygen atoms in total. The summed E-state index contributed by atoms with van der Waals surface area (Å²) in [7, 11) is 5.20. The number of rotatable bonds is 7. The van der Waals surface area contributed by atoms with Crippen molar-refractivity contribution >= 4 is 22.6 Å². The highest BCUT2D eigenvalue weighted by Gasteiger charge is 2.46. The number of hydrogen-bond donors (Lipinski definition) is 2. The van der Waals surface area contributed by atoms with Crippen LogP contribution in [-0.4, -0.2) is 71.3 Å². The minimum Gasteiger partial charge on any atom is -0.496 e. The molecule has 3 aromatic heterocycles. The third-order valence-electron chi connectivity index (χ3n) is 7.48. The van der Waals surface area contributed by atoms with Crippen LogP contribution in [0.2, 0.25) is 0 Å². The summed E-state index contributed by atoms with van der Waals surface area (Å²) in [5.41, 5.74) is 2.63. The maximum absolute atomic E-state index is 12.9. The largest absolute Gasteiger partial charge is 0.496 e. The minimum absolute atomic E-state index is 0.0731. The molecule has 2 bridgehead atoms. The number of aromatic nitrogens is 3. The number of nitrogens with one attached hydrogen (secondary N) is 2. The average molecular weight is 463 g/mol. The average Bonchev–Trinajstić information content (AvgIpc) is 3.52. The number of piperidine rings is 1. The van der Waals surface area contributed by atoms with Crippen molar-refractivity contribution in [3.8, 4) is 22.9 Å². The van der Waals surface area contributed by atoms with Crippen LogP contribution in [0.25, 0.3) is 22.2 Å². The zero-order valence-electron chi connectivity index (χ0n) is 19.7. The Morgan fingerprint density at radius 2 is 1.97 bits per heavy atom. The molecular formula is C25H30N6O3. The molecule has 0 aromatic carbocycles. The molecule has 1 amide bonds. The van der Waals surface area contributed by atoms with Crippen molar-refractivity contribution in [2.24, 2.45) is 18.9 Å². The number of pyridine rings is 2. The molecule has 0 spiro atoms. The maximum Gasteiger partial charge on any atom is 0.228 e. The Morgan fingerprint density at radius 3 is 2.71 bits per heavy atom. The van der Waals surface area contributed by atoms with Gasteiger partial charge in [-0.25, -0.2) is 9.97 Å². The number of fused-ring (bicyclic) bond motifs is 3. The smallest absolute Gasteiger partial charge is 0.228 e. The van der Waals surface area contributed by atoms with Crippen LogP contribution in [0.4, 0.5) is 5.82 Å². The van der Waals surface area contributed by atoms with Gasteiger partial charge in [-0.1, -0.05) is 0 Å². The second-order valence-corrected chi connectivity index (χ2v) is 9.72. The zero-order valence-corrected chi connectivity index (χ0v) is 19.7. The van der Waals surface area contributed by atoms with Gasteiger partial charge in [0.15, 0.2) is 0 Å². The molecule has 4 fully saturated rings. The summed E-state index contributed by atoms with van der Waals surface area (Å²) >= 11 is 0. The van der Waals surface area contributed by atoms with E-state index in [1.165, 1.54) is 6.42 Å². The van der Waals surface area contributed by atoms with Crippen molar-refractivity contribution < 1.29 is 14.3 Å². The van der Waals surface area contributed by atoms with Gasteiger partial charge in [-0.15, -0.1) is 0 Å². The Kier molecular flexibility index (Phi) is 5.18. The van der Waals surface area contributed by atoms with E-state index in [4.69, 9.17) is 9.47 Å². The monoisotopic (exact) mass is 462 g/mol. The second kappa shape index (κ2) is 8.25. The van der Waals surface area contributed by atoms with Crippen molar-refractivity contribution in [3.63, 3.8) is 0 Å². The third kappa shape index (κ3) is 3.69. The number of methoxy groups -OCH3 is 2. The first-order chi connectivity index (χ1) is 16.5. The van der Waals surface area contributed by atoms with Gasteiger partial charge in [0.25, 0.3) is 0 Å². The Labute approximate surface area is 198 Å². The lowest BCUT2D eigenvalue weighted by Crippen LogP contribution is -2.66. The van der Waals surface area contributed by atoms with Crippen LogP contribution < -0.4 is 20.1 Å². The third-order valence-corrected chi connectivity index (χ3v) is 7.48. The van der Waals surface area contributed by atoms with Gasteiger partial charge in [0.2, 0.25) is 11.8 Å². The number of carbonyl (C=O) groups is 1. The summed E-state index contributed by atoms with van der Waals surface area (Å²) in [5.74, 6) is 2.36. The van der Waals surface area contributed by atoms with Crippen molar-refractivity contribution in [2.45, 2.75) is 24.9 Å². The number of nitrogens with zero attached hydrogens (tertiary/aromatic N) is 4. The van der Waals surface area contributed by atoms with Gasteiger partial charge in [-0.2, -0.15) is 0 Å². The Balaban J connectivity index is 1.18. The van der Waals surface area contributed by atoms with Crippen molar-refractivity contribution in [1.29, 1.82) is 0 Å². The SMILES string of the molecule is COc1ccnc(OC)c1-c1cc2cc(NC(=O)C3CC3CN3CC4CC(C3)N4)ncc2n1C. The number of hydrogen-bond acceptors (Lipinski definition) is 7. The molecule has 2 N–H and O–H groups in total. The molecule has 6 heterocycles. The quantitative estimate of drug-likeness (QED) is 0.556. The first-order valence-corrected chi connectivity index (χ1v) is 11.9. The van der Waals surface area contributed by atoms with Gasteiger partial charge in [-0.3, -0.25) is 9.69 Å². The second-order valence-electron chi connectivity index (χ2n) is 9.72. The molecule has 7 rings (SSSR count). The lowest BCUT2D eigenvalue weighted by atomic mass is 9.91. The lowest BCUT2D eigenvalue weighted by Gasteiger charge is -2.48. The predicted molar refractivity (Wildman–Crippen MR) is 129 cm³/mol. The van der Waals surface area contributed by atoms with Gasteiger partial charge in [0, 0.05) is 56.3 Å². The summed E-state index contributed by atoms with van der Waals surface area (Å²) < 4.78 is 13.1. The molecule has 4 aliphatic rings. The molecular weight excluding hydrogens is 432 g/mol. The van der Waals surface area contributed by atoms with Crippen molar-refractivity contribution in [1.82, 2.24) is 24.8 Å². The predicted octanol–water partition coefficient (Wildman–Crippen LogP) is 2.27. The minimum atomic E-state index is 0.0731. The molecule has 3 aromatic rings. The Hall–Kier alpha value is -3.17. The molecule has 1 aliphatic carbocycles. The fraction of sp³-hybridized carbons (Fsp3) is 0.480. The molecule has 3 saturated heterocycles. The van der Waals surface area contributed by atoms with E-state index in [1.807, 2.05) is 29.8 Å². The highest BCUT2D eigenvalue weighted by Crippen LogP contribution is 2.41. The van der Waals surface area contributed by atoms with Crippen LogP contribution in [-0.2, 0) is 11.8 Å². The van der Waals surface area contributed by atoms with Gasteiger partial charge in [0.1, 0.15) is 17.1 Å². The van der Waals surface area contributed by atoms with E-state index >= 15 is 0 Å². The van der Waals surface area contributed by atoms with Gasteiger partial charge < -0.3 is 24.7 Å². The summed E-state index contributed by atoms with van der Waals surface area (Å²) in [6.07, 6.45) is 5.72.